The van der Waals surface area contributed by atoms with Crippen LogP contribution in [0.2, 0.25) is 0 Å². The van der Waals surface area contributed by atoms with E-state index in [9.17, 15) is 9.59 Å². The number of Topliss-reactive ketones (excluding diaryl/α,β-unsaturated/α-hetero) is 1. The summed E-state index contributed by atoms with van der Waals surface area (Å²) in [6.45, 7) is 1.73. The summed E-state index contributed by atoms with van der Waals surface area (Å²) in [5, 5.41) is 0. The Balaban J connectivity index is 1.72. The number of hydrogen-bond donors (Lipinski definition) is 0. The third-order valence-electron chi connectivity index (χ3n) is 4.42. The Morgan fingerprint density at radius 2 is 1.55 bits per heavy atom. The summed E-state index contributed by atoms with van der Waals surface area (Å²) in [5.74, 6) is 0.751. The van der Waals surface area contributed by atoms with Crippen molar-refractivity contribution in [1.82, 2.24) is 0 Å². The normalized spacial score (nSPS) is 10.3. The number of carbonyl (C=O) groups excluding carboxylic acids is 2. The second-order valence-electron chi connectivity index (χ2n) is 6.42. The molecule has 0 aliphatic rings. The Hall–Kier alpha value is -3.60. The van der Waals surface area contributed by atoms with Gasteiger partial charge >= 0.3 is 5.97 Å². The van der Waals surface area contributed by atoms with Crippen LogP contribution >= 0.6 is 0 Å². The minimum absolute atomic E-state index is 0.00297. The van der Waals surface area contributed by atoms with Crippen LogP contribution in [0.15, 0.2) is 72.8 Å². The zero-order valence-electron chi connectivity index (χ0n) is 16.4. The molecule has 0 aliphatic heterocycles. The van der Waals surface area contributed by atoms with Crippen LogP contribution < -0.4 is 9.47 Å². The van der Waals surface area contributed by atoms with E-state index in [0.717, 1.165) is 11.3 Å². The van der Waals surface area contributed by atoms with Crippen molar-refractivity contribution in [2.24, 2.45) is 0 Å². The lowest BCUT2D eigenvalue weighted by Gasteiger charge is -2.13. The first-order chi connectivity index (χ1) is 14.1. The third kappa shape index (κ3) is 5.23. The maximum absolute atomic E-state index is 12.7. The number of hydrogen-bond acceptors (Lipinski definition) is 5. The number of ketones is 1. The van der Waals surface area contributed by atoms with Gasteiger partial charge < -0.3 is 14.2 Å². The second-order valence-corrected chi connectivity index (χ2v) is 6.42. The molecule has 3 aromatic rings. The highest BCUT2D eigenvalue weighted by molar-refractivity contribution is 5.94. The highest BCUT2D eigenvalue weighted by Crippen LogP contribution is 2.22. The number of benzene rings is 3. The fraction of sp³-hybridized carbons (Fsp3) is 0.167. The molecule has 29 heavy (non-hydrogen) atoms. The summed E-state index contributed by atoms with van der Waals surface area (Å²) in [4.78, 5) is 24.3. The highest BCUT2D eigenvalue weighted by Gasteiger charge is 2.15. The number of para-hydroxylation sites is 1. The van der Waals surface area contributed by atoms with Gasteiger partial charge in [0, 0.05) is 16.7 Å². The maximum atomic E-state index is 12.7. The molecular weight excluding hydrogens is 368 g/mol. The predicted molar refractivity (Wildman–Crippen MR) is 109 cm³/mol. The van der Waals surface area contributed by atoms with E-state index in [1.807, 2.05) is 42.5 Å². The van der Waals surface area contributed by atoms with Crippen LogP contribution in [0.25, 0.3) is 0 Å². The van der Waals surface area contributed by atoms with Crippen LogP contribution in [-0.4, -0.2) is 18.9 Å². The molecular formula is C24H22O5. The molecule has 3 aromatic carbocycles. The largest absolute Gasteiger partial charge is 0.496 e. The summed E-state index contributed by atoms with van der Waals surface area (Å²) < 4.78 is 16.6. The molecule has 0 saturated heterocycles. The molecule has 0 N–H and O–H groups in total. The van der Waals surface area contributed by atoms with Gasteiger partial charge in [0.1, 0.15) is 24.7 Å². The van der Waals surface area contributed by atoms with E-state index in [-0.39, 0.29) is 19.0 Å². The zero-order valence-corrected chi connectivity index (χ0v) is 16.4. The fourth-order valence-corrected chi connectivity index (χ4v) is 2.85. The van der Waals surface area contributed by atoms with Gasteiger partial charge in [-0.05, 0) is 43.3 Å². The van der Waals surface area contributed by atoms with E-state index >= 15 is 0 Å². The van der Waals surface area contributed by atoms with Crippen LogP contribution in [0, 0.1) is 0 Å². The van der Waals surface area contributed by atoms with Gasteiger partial charge in [0.25, 0.3) is 0 Å². The molecule has 0 aliphatic carbocycles. The van der Waals surface area contributed by atoms with Gasteiger partial charge in [0.2, 0.25) is 0 Å². The summed E-state index contributed by atoms with van der Waals surface area (Å²) in [5.41, 5.74) is 2.33. The average Bonchev–Trinajstić information content (AvgIpc) is 2.76. The van der Waals surface area contributed by atoms with E-state index in [2.05, 4.69) is 0 Å². The molecule has 3 rings (SSSR count). The maximum Gasteiger partial charge on any atom is 0.338 e. The Morgan fingerprint density at radius 1 is 0.828 bits per heavy atom. The SMILES string of the molecule is COc1ccc(C(C)=O)cc1COC(=O)c1ccccc1COc1ccccc1. The van der Waals surface area contributed by atoms with Gasteiger partial charge in [-0.25, -0.2) is 4.79 Å². The van der Waals surface area contributed by atoms with Gasteiger partial charge in [-0.1, -0.05) is 36.4 Å². The van der Waals surface area contributed by atoms with Crippen LogP contribution in [0.1, 0.15) is 38.8 Å². The molecule has 0 atom stereocenters. The molecule has 0 unspecified atom stereocenters. The fourth-order valence-electron chi connectivity index (χ4n) is 2.85. The average molecular weight is 390 g/mol. The van der Waals surface area contributed by atoms with Crippen molar-refractivity contribution in [3.8, 4) is 11.5 Å². The number of ether oxygens (including phenoxy) is 3. The lowest BCUT2D eigenvalue weighted by atomic mass is 10.1. The second kappa shape index (κ2) is 9.55. The Labute approximate surface area is 169 Å². The molecule has 5 nitrogen and oxygen atoms in total. The molecule has 0 heterocycles. The Kier molecular flexibility index (Phi) is 6.63. The summed E-state index contributed by atoms with van der Waals surface area (Å²) >= 11 is 0. The van der Waals surface area contributed by atoms with E-state index in [1.165, 1.54) is 14.0 Å². The topological polar surface area (TPSA) is 61.8 Å². The number of carbonyl (C=O) groups is 2. The predicted octanol–water partition coefficient (Wildman–Crippen LogP) is 4.83. The molecule has 0 spiro atoms. The highest BCUT2D eigenvalue weighted by atomic mass is 16.5. The van der Waals surface area contributed by atoms with Gasteiger partial charge in [-0.3, -0.25) is 4.79 Å². The van der Waals surface area contributed by atoms with Gasteiger partial charge in [-0.15, -0.1) is 0 Å². The van der Waals surface area contributed by atoms with Crippen molar-refractivity contribution in [1.29, 1.82) is 0 Å². The van der Waals surface area contributed by atoms with Crippen molar-refractivity contribution in [2.45, 2.75) is 20.1 Å². The van der Waals surface area contributed by atoms with E-state index < -0.39 is 5.97 Å². The minimum Gasteiger partial charge on any atom is -0.496 e. The quantitative estimate of drug-likeness (QED) is 0.407. The number of esters is 1. The first-order valence-corrected chi connectivity index (χ1v) is 9.19. The summed E-state index contributed by atoms with van der Waals surface area (Å²) in [6.07, 6.45) is 0. The minimum atomic E-state index is -0.465. The molecule has 0 radical (unpaired) electrons. The number of methoxy groups -OCH3 is 1. The lowest BCUT2D eigenvalue weighted by Crippen LogP contribution is -2.11. The first kappa shape index (κ1) is 20.1. The van der Waals surface area contributed by atoms with Gasteiger partial charge in [0.15, 0.2) is 5.78 Å². The van der Waals surface area contributed by atoms with E-state index in [1.54, 1.807) is 30.3 Å². The monoisotopic (exact) mass is 390 g/mol. The van der Waals surface area contributed by atoms with Crippen molar-refractivity contribution in [3.63, 3.8) is 0 Å². The smallest absolute Gasteiger partial charge is 0.338 e. The summed E-state index contributed by atoms with van der Waals surface area (Å²) in [6, 6.07) is 21.6. The van der Waals surface area contributed by atoms with Crippen molar-refractivity contribution in [2.75, 3.05) is 7.11 Å². The van der Waals surface area contributed by atoms with E-state index in [4.69, 9.17) is 14.2 Å². The van der Waals surface area contributed by atoms with Gasteiger partial charge in [-0.2, -0.15) is 0 Å². The van der Waals surface area contributed by atoms with Crippen molar-refractivity contribution >= 4 is 11.8 Å². The molecule has 0 bridgehead atoms. The standard InChI is InChI=1S/C24H22O5/c1-17(25)18-12-13-23(27-2)20(14-18)16-29-24(26)22-11-7-6-8-19(22)15-28-21-9-4-3-5-10-21/h3-14H,15-16H2,1-2H3. The lowest BCUT2D eigenvalue weighted by molar-refractivity contribution is 0.0467. The summed E-state index contributed by atoms with van der Waals surface area (Å²) in [7, 11) is 1.53. The van der Waals surface area contributed by atoms with Crippen LogP contribution in [0.4, 0.5) is 0 Å². The molecule has 0 amide bonds. The van der Waals surface area contributed by atoms with Crippen LogP contribution in [0.3, 0.4) is 0 Å². The Bertz CT molecular complexity index is 995. The molecule has 0 aromatic heterocycles. The zero-order chi connectivity index (χ0) is 20.6. The molecule has 0 saturated carbocycles. The number of rotatable bonds is 8. The van der Waals surface area contributed by atoms with Gasteiger partial charge in [0.05, 0.1) is 12.7 Å². The molecule has 148 valence electrons. The third-order valence-corrected chi connectivity index (χ3v) is 4.42. The van der Waals surface area contributed by atoms with E-state index in [0.29, 0.717) is 22.4 Å². The molecule has 5 heteroatoms. The first-order valence-electron chi connectivity index (χ1n) is 9.19. The van der Waals surface area contributed by atoms with Crippen LogP contribution in [-0.2, 0) is 18.0 Å². The molecule has 0 fully saturated rings. The van der Waals surface area contributed by atoms with Crippen molar-refractivity contribution in [3.05, 3.63) is 95.1 Å². The van der Waals surface area contributed by atoms with Crippen molar-refractivity contribution < 1.29 is 23.8 Å². The van der Waals surface area contributed by atoms with Crippen LogP contribution in [0.5, 0.6) is 11.5 Å². The Morgan fingerprint density at radius 3 is 2.28 bits per heavy atom.